The Morgan fingerprint density at radius 3 is 2.25 bits per heavy atom. The Morgan fingerprint density at radius 1 is 0.861 bits per heavy atom. The van der Waals surface area contributed by atoms with E-state index in [9.17, 15) is 14.4 Å². The van der Waals surface area contributed by atoms with Gasteiger partial charge in [0.25, 0.3) is 5.91 Å². The fraction of sp³-hybridized carbons (Fsp3) is 0.214. The maximum absolute atomic E-state index is 12.4. The molecule has 0 heterocycles. The highest BCUT2D eigenvalue weighted by Gasteiger charge is 2.11. The van der Waals surface area contributed by atoms with Crippen LogP contribution in [0.2, 0.25) is 0 Å². The van der Waals surface area contributed by atoms with Crippen LogP contribution in [0, 0.1) is 6.92 Å². The van der Waals surface area contributed by atoms with E-state index in [0.29, 0.717) is 23.5 Å². The van der Waals surface area contributed by atoms with Crippen molar-refractivity contribution in [3.63, 3.8) is 0 Å². The molecular weight excluding hydrogens is 474 g/mol. The average molecular weight is 504 g/mol. The third kappa shape index (κ3) is 8.96. The summed E-state index contributed by atoms with van der Waals surface area (Å²) in [5.74, 6) is -0.991. The lowest BCUT2D eigenvalue weighted by atomic mass is 10.1. The summed E-state index contributed by atoms with van der Waals surface area (Å²) >= 11 is 5.21. The molecule has 0 saturated heterocycles. The number of nitrogens with one attached hydrogen (secondary N) is 3. The van der Waals surface area contributed by atoms with Crippen LogP contribution in [0.3, 0.4) is 0 Å². The predicted molar refractivity (Wildman–Crippen MR) is 145 cm³/mol. The van der Waals surface area contributed by atoms with Crippen LogP contribution in [-0.2, 0) is 20.7 Å². The van der Waals surface area contributed by atoms with Crippen molar-refractivity contribution >= 4 is 46.5 Å². The standard InChI is InChI=1S/C28H29N3O4S/c1-20-19-23(14-15-24(20)30-27(34)22-12-6-3-7-13-22)29-28(36)31-25(32)16-17-26(33)35-18-8-11-21-9-4-2-5-10-21/h2-7,9-10,12-15,19H,8,11,16-18H2,1H3,(H,30,34)(H2,29,31,32,36). The first-order valence-electron chi connectivity index (χ1n) is 11.7. The van der Waals surface area contributed by atoms with Crippen molar-refractivity contribution in [2.45, 2.75) is 32.6 Å². The average Bonchev–Trinajstić information content (AvgIpc) is 2.88. The molecule has 0 atom stereocenters. The number of amides is 2. The molecule has 0 bridgehead atoms. The second kappa shape index (κ2) is 13.7. The Morgan fingerprint density at radius 2 is 1.56 bits per heavy atom. The maximum atomic E-state index is 12.4. The normalized spacial score (nSPS) is 10.2. The summed E-state index contributed by atoms with van der Waals surface area (Å²) in [6.07, 6.45) is 1.51. The van der Waals surface area contributed by atoms with Gasteiger partial charge in [-0.3, -0.25) is 14.4 Å². The number of rotatable bonds is 10. The van der Waals surface area contributed by atoms with Gasteiger partial charge in [-0.15, -0.1) is 0 Å². The van der Waals surface area contributed by atoms with Gasteiger partial charge in [0.2, 0.25) is 5.91 Å². The molecule has 3 N–H and O–H groups in total. The van der Waals surface area contributed by atoms with Crippen molar-refractivity contribution in [2.24, 2.45) is 0 Å². The summed E-state index contributed by atoms with van der Waals surface area (Å²) in [5.41, 5.74) is 3.92. The van der Waals surface area contributed by atoms with Gasteiger partial charge >= 0.3 is 5.97 Å². The van der Waals surface area contributed by atoms with E-state index >= 15 is 0 Å². The number of carbonyl (C=O) groups excluding carboxylic acids is 3. The van der Waals surface area contributed by atoms with Gasteiger partial charge in [0.05, 0.1) is 13.0 Å². The zero-order valence-electron chi connectivity index (χ0n) is 20.1. The predicted octanol–water partition coefficient (Wildman–Crippen LogP) is 5.02. The molecule has 0 aliphatic carbocycles. The molecule has 0 fully saturated rings. The number of esters is 1. The van der Waals surface area contributed by atoms with Crippen LogP contribution >= 0.6 is 12.2 Å². The Balaban J connectivity index is 1.36. The van der Waals surface area contributed by atoms with E-state index in [-0.39, 0.29) is 29.8 Å². The summed E-state index contributed by atoms with van der Waals surface area (Å²) in [5, 5.41) is 8.51. The number of thiocarbonyl (C=S) groups is 1. The molecule has 0 radical (unpaired) electrons. The minimum absolute atomic E-state index is 0.0191. The van der Waals surface area contributed by atoms with Crippen LogP contribution < -0.4 is 16.0 Å². The van der Waals surface area contributed by atoms with E-state index in [2.05, 4.69) is 16.0 Å². The molecule has 3 aromatic rings. The van der Waals surface area contributed by atoms with Crippen LogP contribution in [0.1, 0.15) is 40.7 Å². The first-order valence-corrected chi connectivity index (χ1v) is 12.1. The summed E-state index contributed by atoms with van der Waals surface area (Å²) in [4.78, 5) is 36.4. The number of benzene rings is 3. The number of ether oxygens (including phenoxy) is 1. The van der Waals surface area contributed by atoms with E-state index in [4.69, 9.17) is 17.0 Å². The van der Waals surface area contributed by atoms with Crippen LogP contribution in [0.25, 0.3) is 0 Å². The molecule has 8 heteroatoms. The molecule has 7 nitrogen and oxygen atoms in total. The van der Waals surface area contributed by atoms with E-state index in [1.165, 1.54) is 5.56 Å². The lowest BCUT2D eigenvalue weighted by Gasteiger charge is -2.13. The summed E-state index contributed by atoms with van der Waals surface area (Å²) in [6, 6.07) is 24.2. The van der Waals surface area contributed by atoms with Crippen molar-refractivity contribution in [2.75, 3.05) is 17.2 Å². The molecule has 0 saturated carbocycles. The van der Waals surface area contributed by atoms with Gasteiger partial charge in [-0.1, -0.05) is 48.5 Å². The highest BCUT2D eigenvalue weighted by Crippen LogP contribution is 2.20. The van der Waals surface area contributed by atoms with E-state index in [1.54, 1.807) is 36.4 Å². The van der Waals surface area contributed by atoms with Crippen molar-refractivity contribution in [1.82, 2.24) is 5.32 Å². The summed E-state index contributed by atoms with van der Waals surface area (Å²) in [7, 11) is 0. The Hall–Kier alpha value is -4.04. The van der Waals surface area contributed by atoms with Gasteiger partial charge in [0.1, 0.15) is 0 Å². The molecule has 0 unspecified atom stereocenters. The topological polar surface area (TPSA) is 96.5 Å². The van der Waals surface area contributed by atoms with Crippen LogP contribution in [-0.4, -0.2) is 29.5 Å². The number of carbonyl (C=O) groups is 3. The third-order valence-corrected chi connectivity index (χ3v) is 5.50. The van der Waals surface area contributed by atoms with Crippen LogP contribution in [0.15, 0.2) is 78.9 Å². The number of anilines is 2. The fourth-order valence-corrected chi connectivity index (χ4v) is 3.64. The lowest BCUT2D eigenvalue weighted by Crippen LogP contribution is -2.34. The second-order valence-electron chi connectivity index (χ2n) is 8.16. The smallest absolute Gasteiger partial charge is 0.306 e. The van der Waals surface area contributed by atoms with E-state index in [1.807, 2.05) is 49.4 Å². The zero-order valence-corrected chi connectivity index (χ0v) is 20.9. The zero-order chi connectivity index (χ0) is 25.8. The molecule has 3 rings (SSSR count). The Bertz CT molecular complexity index is 1200. The molecule has 36 heavy (non-hydrogen) atoms. The quantitative estimate of drug-likeness (QED) is 0.204. The minimum atomic E-state index is -0.416. The molecule has 0 aromatic heterocycles. The summed E-state index contributed by atoms with van der Waals surface area (Å²) in [6.45, 7) is 2.18. The fourth-order valence-electron chi connectivity index (χ4n) is 3.41. The van der Waals surface area contributed by atoms with Crippen molar-refractivity contribution in [1.29, 1.82) is 0 Å². The first kappa shape index (κ1) is 26.6. The monoisotopic (exact) mass is 503 g/mol. The Kier molecular flexibility index (Phi) is 10.1. The molecule has 0 aliphatic rings. The largest absolute Gasteiger partial charge is 0.466 e. The molecular formula is C28H29N3O4S. The second-order valence-corrected chi connectivity index (χ2v) is 8.57. The van der Waals surface area contributed by atoms with Gasteiger partial charge in [-0.25, -0.2) is 0 Å². The lowest BCUT2D eigenvalue weighted by molar-refractivity contribution is -0.145. The number of aryl methyl sites for hydroxylation is 2. The van der Waals surface area contributed by atoms with Gasteiger partial charge in [-0.2, -0.15) is 0 Å². The maximum Gasteiger partial charge on any atom is 0.306 e. The van der Waals surface area contributed by atoms with Gasteiger partial charge in [-0.05, 0) is 73.4 Å². The first-order chi connectivity index (χ1) is 17.4. The third-order valence-electron chi connectivity index (χ3n) is 5.29. The molecule has 186 valence electrons. The minimum Gasteiger partial charge on any atom is -0.466 e. The van der Waals surface area contributed by atoms with E-state index in [0.717, 1.165) is 18.4 Å². The van der Waals surface area contributed by atoms with Gasteiger partial charge in [0, 0.05) is 23.4 Å². The van der Waals surface area contributed by atoms with E-state index < -0.39 is 5.97 Å². The Labute approximate surface area is 216 Å². The molecule has 2 amide bonds. The summed E-state index contributed by atoms with van der Waals surface area (Å²) < 4.78 is 5.20. The van der Waals surface area contributed by atoms with Crippen molar-refractivity contribution < 1.29 is 19.1 Å². The SMILES string of the molecule is Cc1cc(NC(=S)NC(=O)CCC(=O)OCCCc2ccccc2)ccc1NC(=O)c1ccccc1. The highest BCUT2D eigenvalue weighted by atomic mass is 32.1. The van der Waals surface area contributed by atoms with Crippen LogP contribution in [0.4, 0.5) is 11.4 Å². The number of hydrogen-bond acceptors (Lipinski definition) is 5. The van der Waals surface area contributed by atoms with Crippen molar-refractivity contribution in [3.05, 3.63) is 95.6 Å². The van der Waals surface area contributed by atoms with Gasteiger partial charge < -0.3 is 20.7 Å². The van der Waals surface area contributed by atoms with Crippen molar-refractivity contribution in [3.8, 4) is 0 Å². The van der Waals surface area contributed by atoms with Gasteiger partial charge in [0.15, 0.2) is 5.11 Å². The molecule has 0 aliphatic heterocycles. The van der Waals surface area contributed by atoms with Crippen LogP contribution in [0.5, 0.6) is 0 Å². The number of hydrogen-bond donors (Lipinski definition) is 3. The molecule has 0 spiro atoms. The molecule has 3 aromatic carbocycles. The highest BCUT2D eigenvalue weighted by molar-refractivity contribution is 7.80.